The van der Waals surface area contributed by atoms with Crippen LogP contribution < -0.4 is 16.6 Å². The number of amides is 1. The van der Waals surface area contributed by atoms with Crippen molar-refractivity contribution in [3.8, 4) is 0 Å². The van der Waals surface area contributed by atoms with Crippen LogP contribution in [-0.4, -0.2) is 30.3 Å². The first-order chi connectivity index (χ1) is 16.3. The van der Waals surface area contributed by atoms with Crippen LogP contribution in [0.4, 0.5) is 4.39 Å². The SMILES string of the molecule is C[C@@H](NC(=O)CSc1nc2c(c(=O)n(C)c(=O)n2C)n1Cc1ccccc1F)c1ccccc1. The average Bonchev–Trinajstić information content (AvgIpc) is 3.20. The highest BCUT2D eigenvalue weighted by Crippen LogP contribution is 2.24. The Morgan fingerprint density at radius 2 is 1.74 bits per heavy atom. The number of hydrogen-bond donors (Lipinski definition) is 1. The summed E-state index contributed by atoms with van der Waals surface area (Å²) in [7, 11) is 2.91. The standard InChI is InChI=1S/C24H24FN5O3S/c1-15(16-9-5-4-6-10-16)26-19(31)14-34-23-27-21-20(22(32)29(3)24(33)28(21)2)30(23)13-17-11-7-8-12-18(17)25/h4-12,15H,13-14H2,1-3H3,(H,26,31)/t15-/m1/s1. The minimum atomic E-state index is -0.532. The lowest BCUT2D eigenvalue weighted by Gasteiger charge is -2.14. The predicted octanol–water partition coefficient (Wildman–Crippen LogP) is 2.59. The molecule has 0 aliphatic rings. The van der Waals surface area contributed by atoms with Crippen molar-refractivity contribution < 1.29 is 9.18 Å². The monoisotopic (exact) mass is 481 g/mol. The van der Waals surface area contributed by atoms with E-state index in [-0.39, 0.29) is 35.4 Å². The van der Waals surface area contributed by atoms with Crippen molar-refractivity contribution in [1.29, 1.82) is 0 Å². The molecule has 4 rings (SSSR count). The van der Waals surface area contributed by atoms with Crippen LogP contribution in [0, 0.1) is 5.82 Å². The zero-order valence-corrected chi connectivity index (χ0v) is 19.8. The molecule has 2 heterocycles. The Morgan fingerprint density at radius 3 is 2.44 bits per heavy atom. The van der Waals surface area contributed by atoms with E-state index in [2.05, 4.69) is 10.3 Å². The minimum Gasteiger partial charge on any atom is -0.349 e. The van der Waals surface area contributed by atoms with E-state index < -0.39 is 17.1 Å². The Bertz CT molecular complexity index is 1480. The zero-order chi connectivity index (χ0) is 24.4. The Kier molecular flexibility index (Phi) is 6.69. The van der Waals surface area contributed by atoms with E-state index in [0.717, 1.165) is 21.9 Å². The number of aryl methyl sites for hydroxylation is 1. The fourth-order valence-corrected chi connectivity index (χ4v) is 4.52. The maximum absolute atomic E-state index is 14.4. The van der Waals surface area contributed by atoms with Gasteiger partial charge in [-0.1, -0.05) is 60.3 Å². The highest BCUT2D eigenvalue weighted by atomic mass is 32.2. The number of imidazole rings is 1. The van der Waals surface area contributed by atoms with Crippen molar-refractivity contribution in [1.82, 2.24) is 24.0 Å². The molecule has 176 valence electrons. The van der Waals surface area contributed by atoms with Gasteiger partial charge < -0.3 is 9.88 Å². The van der Waals surface area contributed by atoms with E-state index in [9.17, 15) is 18.8 Å². The molecule has 0 saturated carbocycles. The molecule has 8 nitrogen and oxygen atoms in total. The fraction of sp³-hybridized carbons (Fsp3) is 0.250. The lowest BCUT2D eigenvalue weighted by molar-refractivity contribution is -0.119. The van der Waals surface area contributed by atoms with Crippen molar-refractivity contribution in [3.63, 3.8) is 0 Å². The van der Waals surface area contributed by atoms with Gasteiger partial charge in [0.25, 0.3) is 5.56 Å². The van der Waals surface area contributed by atoms with Crippen molar-refractivity contribution in [2.24, 2.45) is 14.1 Å². The van der Waals surface area contributed by atoms with E-state index in [0.29, 0.717) is 10.7 Å². The molecular weight excluding hydrogens is 457 g/mol. The van der Waals surface area contributed by atoms with Crippen LogP contribution in [0.15, 0.2) is 69.3 Å². The van der Waals surface area contributed by atoms with E-state index >= 15 is 0 Å². The first kappa shape index (κ1) is 23.5. The van der Waals surface area contributed by atoms with Crippen LogP contribution in [-0.2, 0) is 25.4 Å². The molecule has 1 atom stereocenters. The van der Waals surface area contributed by atoms with Crippen LogP contribution in [0.2, 0.25) is 0 Å². The smallest absolute Gasteiger partial charge is 0.332 e. The van der Waals surface area contributed by atoms with Crippen molar-refractivity contribution >= 4 is 28.8 Å². The van der Waals surface area contributed by atoms with Gasteiger partial charge in [0.2, 0.25) is 5.91 Å². The molecule has 2 aromatic heterocycles. The first-order valence-corrected chi connectivity index (χ1v) is 11.6. The topological polar surface area (TPSA) is 90.9 Å². The number of aromatic nitrogens is 4. The van der Waals surface area contributed by atoms with E-state index in [1.165, 1.54) is 24.7 Å². The largest absolute Gasteiger partial charge is 0.349 e. The highest BCUT2D eigenvalue weighted by Gasteiger charge is 2.21. The molecule has 0 aliphatic heterocycles. The van der Waals surface area contributed by atoms with Crippen LogP contribution in [0.5, 0.6) is 0 Å². The van der Waals surface area contributed by atoms with Crippen molar-refractivity contribution in [3.05, 3.63) is 92.4 Å². The third kappa shape index (κ3) is 4.54. The molecule has 4 aromatic rings. The number of thioether (sulfide) groups is 1. The third-order valence-corrected chi connectivity index (χ3v) is 6.59. The number of nitrogens with zero attached hydrogens (tertiary/aromatic N) is 4. The Morgan fingerprint density at radius 1 is 1.06 bits per heavy atom. The molecule has 0 spiro atoms. The maximum atomic E-state index is 14.4. The fourth-order valence-electron chi connectivity index (χ4n) is 3.72. The number of halogens is 1. The van der Waals surface area contributed by atoms with Crippen LogP contribution in [0.25, 0.3) is 11.2 Å². The summed E-state index contributed by atoms with van der Waals surface area (Å²) in [5, 5.41) is 3.29. The predicted molar refractivity (Wildman–Crippen MR) is 129 cm³/mol. The molecule has 2 aromatic carbocycles. The molecule has 0 saturated heterocycles. The lowest BCUT2D eigenvalue weighted by atomic mass is 10.1. The molecule has 34 heavy (non-hydrogen) atoms. The van der Waals surface area contributed by atoms with E-state index in [1.54, 1.807) is 22.8 Å². The molecule has 0 bridgehead atoms. The second-order valence-electron chi connectivity index (χ2n) is 7.94. The Hall–Kier alpha value is -3.66. The normalized spacial score (nSPS) is 12.1. The maximum Gasteiger partial charge on any atom is 0.332 e. The molecule has 0 unspecified atom stereocenters. The number of fused-ring (bicyclic) bond motifs is 1. The summed E-state index contributed by atoms with van der Waals surface area (Å²) in [5.41, 5.74) is 0.654. The number of rotatable bonds is 7. The average molecular weight is 482 g/mol. The summed E-state index contributed by atoms with van der Waals surface area (Å²) < 4.78 is 18.2. The third-order valence-electron chi connectivity index (χ3n) is 5.61. The van der Waals surface area contributed by atoms with Crippen LogP contribution in [0.1, 0.15) is 24.1 Å². The lowest BCUT2D eigenvalue weighted by Crippen LogP contribution is -2.37. The van der Waals surface area contributed by atoms with Gasteiger partial charge in [-0.05, 0) is 18.6 Å². The molecular formula is C24H24FN5O3S. The van der Waals surface area contributed by atoms with E-state index in [1.807, 2.05) is 37.3 Å². The van der Waals surface area contributed by atoms with Crippen LogP contribution in [0.3, 0.4) is 0 Å². The molecule has 10 heteroatoms. The number of hydrogen-bond acceptors (Lipinski definition) is 5. The first-order valence-electron chi connectivity index (χ1n) is 10.6. The number of nitrogens with one attached hydrogen (secondary N) is 1. The van der Waals surface area contributed by atoms with Crippen LogP contribution >= 0.6 is 11.8 Å². The van der Waals surface area contributed by atoms with Crippen molar-refractivity contribution in [2.45, 2.75) is 24.7 Å². The molecule has 0 radical (unpaired) electrons. The number of carbonyl (C=O) groups excluding carboxylic acids is 1. The van der Waals surface area contributed by atoms with Gasteiger partial charge in [-0.15, -0.1) is 0 Å². The van der Waals surface area contributed by atoms with Gasteiger partial charge in [0.15, 0.2) is 16.3 Å². The quantitative estimate of drug-likeness (QED) is 0.410. The van der Waals surface area contributed by atoms with Gasteiger partial charge in [0.1, 0.15) is 5.82 Å². The highest BCUT2D eigenvalue weighted by molar-refractivity contribution is 7.99. The second kappa shape index (κ2) is 9.68. The summed E-state index contributed by atoms with van der Waals surface area (Å²) in [6.45, 7) is 1.92. The number of benzene rings is 2. The Labute approximate surface area is 199 Å². The van der Waals surface area contributed by atoms with Gasteiger partial charge >= 0.3 is 5.69 Å². The van der Waals surface area contributed by atoms with Gasteiger partial charge in [0, 0.05) is 19.7 Å². The van der Waals surface area contributed by atoms with Gasteiger partial charge in [-0.3, -0.25) is 18.7 Å². The van der Waals surface area contributed by atoms with Gasteiger partial charge in [-0.25, -0.2) is 14.2 Å². The summed E-state index contributed by atoms with van der Waals surface area (Å²) in [5.74, 6) is -0.601. The summed E-state index contributed by atoms with van der Waals surface area (Å²) in [6.07, 6.45) is 0. The second-order valence-corrected chi connectivity index (χ2v) is 8.88. The molecule has 0 aliphatic carbocycles. The summed E-state index contributed by atoms with van der Waals surface area (Å²) in [6, 6.07) is 15.7. The zero-order valence-electron chi connectivity index (χ0n) is 19.0. The van der Waals surface area contributed by atoms with Gasteiger partial charge in [-0.2, -0.15) is 0 Å². The summed E-state index contributed by atoms with van der Waals surface area (Å²) >= 11 is 1.13. The Balaban J connectivity index is 1.67. The molecule has 0 fully saturated rings. The van der Waals surface area contributed by atoms with E-state index in [4.69, 9.17) is 0 Å². The minimum absolute atomic E-state index is 0.0288. The summed E-state index contributed by atoms with van der Waals surface area (Å²) in [4.78, 5) is 42.5. The van der Waals surface area contributed by atoms with Gasteiger partial charge in [0.05, 0.1) is 18.3 Å². The molecule has 1 N–H and O–H groups in total. The molecule has 1 amide bonds. The number of carbonyl (C=O) groups is 1. The van der Waals surface area contributed by atoms with Crippen molar-refractivity contribution in [2.75, 3.05) is 5.75 Å².